The third-order valence-corrected chi connectivity index (χ3v) is 3.62. The second kappa shape index (κ2) is 6.92. The minimum absolute atomic E-state index is 0.160. The molecule has 0 aromatic heterocycles. The van der Waals surface area contributed by atoms with E-state index in [-0.39, 0.29) is 5.41 Å². The summed E-state index contributed by atoms with van der Waals surface area (Å²) in [6.07, 6.45) is 0.977. The predicted octanol–water partition coefficient (Wildman–Crippen LogP) is 2.43. The molecule has 0 fully saturated rings. The molecule has 0 unspecified atom stereocenters. The number of rotatable bonds is 7. The summed E-state index contributed by atoms with van der Waals surface area (Å²) < 4.78 is 5.45. The lowest BCUT2D eigenvalue weighted by Gasteiger charge is -2.22. The molecule has 1 aromatic carbocycles. The van der Waals surface area contributed by atoms with E-state index in [1.54, 1.807) is 7.11 Å². The summed E-state index contributed by atoms with van der Waals surface area (Å²) >= 11 is 0. The lowest BCUT2D eigenvalue weighted by atomic mass is 9.94. The molecule has 1 rings (SSSR count). The number of hydrogen-bond acceptors (Lipinski definition) is 3. The van der Waals surface area contributed by atoms with Gasteiger partial charge in [0.2, 0.25) is 0 Å². The Morgan fingerprint density at radius 2 is 1.84 bits per heavy atom. The maximum Gasteiger partial charge on any atom is 0.122 e. The van der Waals surface area contributed by atoms with Gasteiger partial charge in [0.1, 0.15) is 5.75 Å². The molecule has 19 heavy (non-hydrogen) atoms. The van der Waals surface area contributed by atoms with Gasteiger partial charge in [-0.1, -0.05) is 19.9 Å². The Morgan fingerprint density at radius 3 is 2.42 bits per heavy atom. The van der Waals surface area contributed by atoms with E-state index in [9.17, 15) is 0 Å². The smallest absolute Gasteiger partial charge is 0.122 e. The van der Waals surface area contributed by atoms with Gasteiger partial charge in [-0.3, -0.25) is 0 Å². The molecule has 0 aliphatic carbocycles. The van der Waals surface area contributed by atoms with E-state index in [1.165, 1.54) is 16.7 Å². The quantitative estimate of drug-likeness (QED) is 0.744. The van der Waals surface area contributed by atoms with Crippen LogP contribution in [0.25, 0.3) is 0 Å². The van der Waals surface area contributed by atoms with Gasteiger partial charge in [-0.2, -0.15) is 0 Å². The third kappa shape index (κ3) is 4.84. The summed E-state index contributed by atoms with van der Waals surface area (Å²) in [4.78, 5) is 0. The highest BCUT2D eigenvalue weighted by molar-refractivity contribution is 5.41. The molecule has 3 heteroatoms. The van der Waals surface area contributed by atoms with Crippen LogP contribution in [0.1, 0.15) is 30.5 Å². The van der Waals surface area contributed by atoms with E-state index in [1.807, 2.05) is 0 Å². The summed E-state index contributed by atoms with van der Waals surface area (Å²) in [5, 5.41) is 3.47. The van der Waals surface area contributed by atoms with Gasteiger partial charge in [-0.15, -0.1) is 0 Å². The van der Waals surface area contributed by atoms with Crippen LogP contribution in [-0.2, 0) is 6.42 Å². The van der Waals surface area contributed by atoms with Gasteiger partial charge in [-0.05, 0) is 61.5 Å². The topological polar surface area (TPSA) is 47.3 Å². The van der Waals surface area contributed by atoms with Gasteiger partial charge < -0.3 is 15.8 Å². The van der Waals surface area contributed by atoms with Crippen molar-refractivity contribution in [1.82, 2.24) is 5.32 Å². The zero-order valence-electron chi connectivity index (χ0n) is 13.0. The molecule has 0 aliphatic heterocycles. The first kappa shape index (κ1) is 16.0. The zero-order chi connectivity index (χ0) is 14.5. The van der Waals surface area contributed by atoms with Crippen molar-refractivity contribution in [2.75, 3.05) is 26.7 Å². The zero-order valence-corrected chi connectivity index (χ0v) is 13.0. The molecule has 0 atom stereocenters. The van der Waals surface area contributed by atoms with Crippen LogP contribution in [0.5, 0.6) is 5.75 Å². The van der Waals surface area contributed by atoms with Crippen LogP contribution in [-0.4, -0.2) is 26.7 Å². The Hall–Kier alpha value is -1.06. The molecular formula is C16H28N2O. The van der Waals surface area contributed by atoms with Crippen LogP contribution in [0.3, 0.4) is 0 Å². The van der Waals surface area contributed by atoms with Crippen LogP contribution in [0.2, 0.25) is 0 Å². The van der Waals surface area contributed by atoms with E-state index in [4.69, 9.17) is 10.5 Å². The van der Waals surface area contributed by atoms with Crippen molar-refractivity contribution in [3.63, 3.8) is 0 Å². The molecule has 3 N–H and O–H groups in total. The van der Waals surface area contributed by atoms with E-state index in [0.29, 0.717) is 6.54 Å². The lowest BCUT2D eigenvalue weighted by molar-refractivity contribution is 0.352. The fourth-order valence-corrected chi connectivity index (χ4v) is 1.96. The molecule has 0 radical (unpaired) electrons. The Kier molecular flexibility index (Phi) is 5.83. The average molecular weight is 264 g/mol. The Bertz CT molecular complexity index is 413. The number of ether oxygens (including phenoxy) is 1. The van der Waals surface area contributed by atoms with Gasteiger partial charge in [-0.25, -0.2) is 0 Å². The third-order valence-electron chi connectivity index (χ3n) is 3.62. The van der Waals surface area contributed by atoms with Gasteiger partial charge in [0.05, 0.1) is 7.11 Å². The second-order valence-corrected chi connectivity index (χ2v) is 6.04. The summed E-state index contributed by atoms with van der Waals surface area (Å²) in [5.74, 6) is 0.989. The standard InChI is InChI=1S/C16H28N2O/c1-12-8-14(15(19-5)9-13(12)2)6-7-18-11-16(3,4)10-17/h8-9,18H,6-7,10-11,17H2,1-5H3. The monoisotopic (exact) mass is 264 g/mol. The van der Waals surface area contributed by atoms with Crippen LogP contribution in [0.4, 0.5) is 0 Å². The van der Waals surface area contributed by atoms with Gasteiger partial charge in [0.15, 0.2) is 0 Å². The molecule has 0 amide bonds. The summed E-state index contributed by atoms with van der Waals surface area (Å²) in [6, 6.07) is 4.35. The molecule has 108 valence electrons. The molecule has 0 saturated carbocycles. The summed E-state index contributed by atoms with van der Waals surface area (Å²) in [6.45, 7) is 11.2. The number of aryl methyl sites for hydroxylation is 2. The minimum Gasteiger partial charge on any atom is -0.496 e. The summed E-state index contributed by atoms with van der Waals surface area (Å²) in [7, 11) is 1.73. The fraction of sp³-hybridized carbons (Fsp3) is 0.625. The van der Waals surface area contributed by atoms with Crippen molar-refractivity contribution in [3.05, 3.63) is 28.8 Å². The Morgan fingerprint density at radius 1 is 1.21 bits per heavy atom. The minimum atomic E-state index is 0.160. The number of nitrogens with two attached hydrogens (primary N) is 1. The maximum absolute atomic E-state index is 5.72. The van der Waals surface area contributed by atoms with Gasteiger partial charge >= 0.3 is 0 Å². The molecule has 0 heterocycles. The molecule has 0 spiro atoms. The molecule has 0 aliphatic rings. The van der Waals surface area contributed by atoms with Crippen molar-refractivity contribution in [1.29, 1.82) is 0 Å². The fourth-order valence-electron chi connectivity index (χ4n) is 1.96. The molecule has 0 saturated heterocycles. The maximum atomic E-state index is 5.72. The normalized spacial score (nSPS) is 11.7. The van der Waals surface area contributed by atoms with Crippen LogP contribution in [0.15, 0.2) is 12.1 Å². The van der Waals surface area contributed by atoms with Crippen molar-refractivity contribution in [3.8, 4) is 5.75 Å². The molecular weight excluding hydrogens is 236 g/mol. The SMILES string of the molecule is COc1cc(C)c(C)cc1CCNCC(C)(C)CN. The second-order valence-electron chi connectivity index (χ2n) is 6.04. The van der Waals surface area contributed by atoms with Crippen molar-refractivity contribution in [2.24, 2.45) is 11.1 Å². The first-order valence-electron chi connectivity index (χ1n) is 6.94. The largest absolute Gasteiger partial charge is 0.496 e. The lowest BCUT2D eigenvalue weighted by Crippen LogP contribution is -2.36. The number of methoxy groups -OCH3 is 1. The Labute approximate surface area is 117 Å². The van der Waals surface area contributed by atoms with E-state index >= 15 is 0 Å². The first-order chi connectivity index (χ1) is 8.89. The molecule has 0 bridgehead atoms. The van der Waals surface area contributed by atoms with Gasteiger partial charge in [0.25, 0.3) is 0 Å². The van der Waals surface area contributed by atoms with E-state index < -0.39 is 0 Å². The van der Waals surface area contributed by atoms with E-state index in [0.717, 1.165) is 25.3 Å². The van der Waals surface area contributed by atoms with E-state index in [2.05, 4.69) is 45.1 Å². The molecule has 1 aromatic rings. The average Bonchev–Trinajstić information content (AvgIpc) is 2.38. The first-order valence-corrected chi connectivity index (χ1v) is 6.94. The number of hydrogen-bond donors (Lipinski definition) is 2. The Balaban J connectivity index is 2.56. The van der Waals surface area contributed by atoms with Crippen molar-refractivity contribution >= 4 is 0 Å². The highest BCUT2D eigenvalue weighted by Gasteiger charge is 2.14. The molecule has 3 nitrogen and oxygen atoms in total. The highest BCUT2D eigenvalue weighted by Crippen LogP contribution is 2.23. The highest BCUT2D eigenvalue weighted by atomic mass is 16.5. The summed E-state index contributed by atoms with van der Waals surface area (Å²) in [5.41, 5.74) is 9.74. The number of benzene rings is 1. The van der Waals surface area contributed by atoms with Gasteiger partial charge in [0, 0.05) is 6.54 Å². The van der Waals surface area contributed by atoms with Crippen LogP contribution >= 0.6 is 0 Å². The van der Waals surface area contributed by atoms with Crippen LogP contribution < -0.4 is 15.8 Å². The van der Waals surface area contributed by atoms with Crippen molar-refractivity contribution < 1.29 is 4.74 Å². The van der Waals surface area contributed by atoms with Crippen molar-refractivity contribution in [2.45, 2.75) is 34.1 Å². The number of nitrogens with one attached hydrogen (secondary N) is 1. The predicted molar refractivity (Wildman–Crippen MR) is 81.9 cm³/mol. The van der Waals surface area contributed by atoms with Crippen LogP contribution in [0, 0.1) is 19.3 Å².